The lowest BCUT2D eigenvalue weighted by Gasteiger charge is -2.01. The van der Waals surface area contributed by atoms with Crippen LogP contribution >= 0.6 is 0 Å². The van der Waals surface area contributed by atoms with Crippen molar-refractivity contribution in [2.75, 3.05) is 6.61 Å². The van der Waals surface area contributed by atoms with Gasteiger partial charge in [-0.1, -0.05) is 23.4 Å². The molecule has 0 aliphatic carbocycles. The van der Waals surface area contributed by atoms with Crippen molar-refractivity contribution in [3.8, 4) is 5.75 Å². The third-order valence-electron chi connectivity index (χ3n) is 3.03. The molecule has 0 bridgehead atoms. The van der Waals surface area contributed by atoms with E-state index in [4.69, 9.17) is 9.26 Å². The fraction of sp³-hybridized carbons (Fsp3) is 0.385. The van der Waals surface area contributed by atoms with Crippen molar-refractivity contribution in [1.29, 1.82) is 0 Å². The largest absolute Gasteiger partial charge is 0.508 e. The molecule has 1 unspecified atom stereocenters. The number of para-hydroxylation sites is 1. The molecule has 94 valence electrons. The Morgan fingerprint density at radius 3 is 3.00 bits per heavy atom. The summed E-state index contributed by atoms with van der Waals surface area (Å²) in [5.41, 5.74) is 0.778. The van der Waals surface area contributed by atoms with Crippen molar-refractivity contribution in [1.82, 2.24) is 10.1 Å². The molecule has 1 aliphatic heterocycles. The molecule has 1 aliphatic rings. The van der Waals surface area contributed by atoms with Crippen molar-refractivity contribution < 1.29 is 14.4 Å². The van der Waals surface area contributed by atoms with E-state index in [0.29, 0.717) is 18.1 Å². The summed E-state index contributed by atoms with van der Waals surface area (Å²) >= 11 is 0. The first-order valence-corrected chi connectivity index (χ1v) is 6.04. The second-order valence-electron chi connectivity index (χ2n) is 4.35. The number of aromatic hydroxyl groups is 1. The molecule has 0 spiro atoms. The van der Waals surface area contributed by atoms with Crippen molar-refractivity contribution in [3.63, 3.8) is 0 Å². The van der Waals surface area contributed by atoms with Crippen LogP contribution in [-0.4, -0.2) is 21.9 Å². The maximum atomic E-state index is 9.68. The zero-order valence-corrected chi connectivity index (χ0v) is 9.87. The van der Waals surface area contributed by atoms with Gasteiger partial charge < -0.3 is 14.4 Å². The SMILES string of the molecule is Oc1ccccc1Cc1nc(C2CCCO2)no1. The van der Waals surface area contributed by atoms with Crippen LogP contribution in [0.15, 0.2) is 28.8 Å². The van der Waals surface area contributed by atoms with Gasteiger partial charge in [-0.2, -0.15) is 4.98 Å². The molecule has 1 N–H and O–H groups in total. The van der Waals surface area contributed by atoms with Crippen LogP contribution in [0.3, 0.4) is 0 Å². The first-order valence-electron chi connectivity index (χ1n) is 6.04. The van der Waals surface area contributed by atoms with Gasteiger partial charge in [-0.25, -0.2) is 0 Å². The van der Waals surface area contributed by atoms with E-state index in [2.05, 4.69) is 10.1 Å². The van der Waals surface area contributed by atoms with E-state index in [1.807, 2.05) is 12.1 Å². The zero-order chi connectivity index (χ0) is 12.4. The summed E-state index contributed by atoms with van der Waals surface area (Å²) in [7, 11) is 0. The Morgan fingerprint density at radius 2 is 2.22 bits per heavy atom. The van der Waals surface area contributed by atoms with Gasteiger partial charge in [-0.3, -0.25) is 0 Å². The number of aromatic nitrogens is 2. The number of benzene rings is 1. The predicted octanol–water partition coefficient (Wildman–Crippen LogP) is 2.22. The molecule has 5 heteroatoms. The third kappa shape index (κ3) is 2.22. The lowest BCUT2D eigenvalue weighted by atomic mass is 10.1. The van der Waals surface area contributed by atoms with Crippen molar-refractivity contribution in [3.05, 3.63) is 41.5 Å². The highest BCUT2D eigenvalue weighted by Crippen LogP contribution is 2.27. The van der Waals surface area contributed by atoms with Gasteiger partial charge in [0, 0.05) is 12.2 Å². The smallest absolute Gasteiger partial charge is 0.231 e. The maximum Gasteiger partial charge on any atom is 0.231 e. The predicted molar refractivity (Wildman–Crippen MR) is 63.1 cm³/mol. The number of phenolic OH excluding ortho intramolecular Hbond substituents is 1. The van der Waals surface area contributed by atoms with Crippen LogP contribution in [0.25, 0.3) is 0 Å². The third-order valence-corrected chi connectivity index (χ3v) is 3.03. The number of hydrogen-bond acceptors (Lipinski definition) is 5. The van der Waals surface area contributed by atoms with Gasteiger partial charge in [0.2, 0.25) is 11.7 Å². The summed E-state index contributed by atoms with van der Waals surface area (Å²) in [6.07, 6.45) is 2.38. The second kappa shape index (κ2) is 4.78. The Balaban J connectivity index is 1.75. The Labute approximate surface area is 104 Å². The average Bonchev–Trinajstić information content (AvgIpc) is 3.02. The summed E-state index contributed by atoms with van der Waals surface area (Å²) in [6.45, 7) is 0.758. The normalized spacial score (nSPS) is 19.2. The monoisotopic (exact) mass is 246 g/mol. The molecule has 1 saturated heterocycles. The molecule has 18 heavy (non-hydrogen) atoms. The minimum absolute atomic E-state index is 0.0353. The fourth-order valence-corrected chi connectivity index (χ4v) is 2.08. The number of ether oxygens (including phenoxy) is 1. The Kier molecular flexibility index (Phi) is 2.98. The number of nitrogens with zero attached hydrogens (tertiary/aromatic N) is 2. The molecule has 0 radical (unpaired) electrons. The quantitative estimate of drug-likeness (QED) is 0.899. The number of phenols is 1. The maximum absolute atomic E-state index is 9.68. The molecule has 1 fully saturated rings. The van der Waals surface area contributed by atoms with Gasteiger partial charge in [-0.15, -0.1) is 0 Å². The van der Waals surface area contributed by atoms with Crippen LogP contribution in [-0.2, 0) is 11.2 Å². The zero-order valence-electron chi connectivity index (χ0n) is 9.87. The molecule has 0 saturated carbocycles. The second-order valence-corrected chi connectivity index (χ2v) is 4.35. The standard InChI is InChI=1S/C13H14N2O3/c16-10-5-2-1-4-9(10)8-12-14-13(15-18-12)11-6-3-7-17-11/h1-2,4-5,11,16H,3,6-8H2. The molecular formula is C13H14N2O3. The number of rotatable bonds is 3. The summed E-state index contributed by atoms with van der Waals surface area (Å²) in [5, 5.41) is 13.6. The van der Waals surface area contributed by atoms with Crippen molar-refractivity contribution in [2.45, 2.75) is 25.4 Å². The van der Waals surface area contributed by atoms with Crippen molar-refractivity contribution >= 4 is 0 Å². The van der Waals surface area contributed by atoms with Crippen LogP contribution in [0, 0.1) is 0 Å². The summed E-state index contributed by atoms with van der Waals surface area (Å²) in [6, 6.07) is 7.13. The van der Waals surface area contributed by atoms with E-state index in [0.717, 1.165) is 25.0 Å². The van der Waals surface area contributed by atoms with E-state index in [-0.39, 0.29) is 11.9 Å². The van der Waals surface area contributed by atoms with Crippen molar-refractivity contribution in [2.24, 2.45) is 0 Å². The molecule has 1 aromatic carbocycles. The van der Waals surface area contributed by atoms with E-state index >= 15 is 0 Å². The average molecular weight is 246 g/mol. The molecule has 2 heterocycles. The Bertz CT molecular complexity index is 533. The van der Waals surface area contributed by atoms with E-state index in [1.54, 1.807) is 12.1 Å². The van der Waals surface area contributed by atoms with E-state index in [1.165, 1.54) is 0 Å². The highest BCUT2D eigenvalue weighted by molar-refractivity contribution is 5.33. The topological polar surface area (TPSA) is 68.4 Å². The Hall–Kier alpha value is -1.88. The summed E-state index contributed by atoms with van der Waals surface area (Å²) in [5.74, 6) is 1.36. The van der Waals surface area contributed by atoms with Crippen LogP contribution in [0.2, 0.25) is 0 Å². The van der Waals surface area contributed by atoms with Gasteiger partial charge >= 0.3 is 0 Å². The fourth-order valence-electron chi connectivity index (χ4n) is 2.08. The van der Waals surface area contributed by atoms with E-state index < -0.39 is 0 Å². The highest BCUT2D eigenvalue weighted by atomic mass is 16.5. The van der Waals surface area contributed by atoms with E-state index in [9.17, 15) is 5.11 Å². The summed E-state index contributed by atoms with van der Waals surface area (Å²) in [4.78, 5) is 4.31. The first-order chi connectivity index (χ1) is 8.83. The van der Waals surface area contributed by atoms with Gasteiger partial charge in [0.1, 0.15) is 11.9 Å². The molecular weight excluding hydrogens is 232 g/mol. The minimum Gasteiger partial charge on any atom is -0.508 e. The molecule has 2 aromatic rings. The molecule has 0 amide bonds. The van der Waals surface area contributed by atoms with Crippen LogP contribution in [0.1, 0.15) is 36.2 Å². The lowest BCUT2D eigenvalue weighted by Crippen LogP contribution is -1.98. The van der Waals surface area contributed by atoms with Gasteiger partial charge in [0.15, 0.2) is 0 Å². The van der Waals surface area contributed by atoms with Gasteiger partial charge in [-0.05, 0) is 18.9 Å². The van der Waals surface area contributed by atoms with Crippen LogP contribution in [0.5, 0.6) is 5.75 Å². The highest BCUT2D eigenvalue weighted by Gasteiger charge is 2.23. The minimum atomic E-state index is -0.0353. The first kappa shape index (κ1) is 11.2. The van der Waals surface area contributed by atoms with Crippen LogP contribution in [0.4, 0.5) is 0 Å². The van der Waals surface area contributed by atoms with Gasteiger partial charge in [0.25, 0.3) is 0 Å². The summed E-state index contributed by atoms with van der Waals surface area (Å²) < 4.78 is 10.7. The molecule has 1 aromatic heterocycles. The Morgan fingerprint density at radius 1 is 1.33 bits per heavy atom. The van der Waals surface area contributed by atoms with Crippen LogP contribution < -0.4 is 0 Å². The molecule has 5 nitrogen and oxygen atoms in total. The lowest BCUT2D eigenvalue weighted by molar-refractivity contribution is 0.103. The number of hydrogen-bond donors (Lipinski definition) is 1. The molecule has 1 atom stereocenters. The van der Waals surface area contributed by atoms with Gasteiger partial charge in [0.05, 0.1) is 6.42 Å². The molecule has 3 rings (SSSR count).